The van der Waals surface area contributed by atoms with Crippen LogP contribution in [0.15, 0.2) is 5.38 Å². The Hall–Kier alpha value is -0.460. The van der Waals surface area contributed by atoms with Gasteiger partial charge in [0.05, 0.1) is 22.2 Å². The number of nitrogens with zero attached hydrogens (tertiary/aromatic N) is 1. The van der Waals surface area contributed by atoms with Crippen LogP contribution in [0, 0.1) is 0 Å². The van der Waals surface area contributed by atoms with Crippen LogP contribution in [0.3, 0.4) is 0 Å². The first-order chi connectivity index (χ1) is 7.61. The van der Waals surface area contributed by atoms with Crippen LogP contribution >= 0.6 is 11.3 Å². The minimum atomic E-state index is -2.80. The van der Waals surface area contributed by atoms with E-state index >= 15 is 0 Å². The normalized spacial score (nSPS) is 23.7. The highest BCUT2D eigenvalue weighted by atomic mass is 32.2. The van der Waals surface area contributed by atoms with Crippen molar-refractivity contribution < 1.29 is 8.42 Å². The Labute approximate surface area is 100 Å². The summed E-state index contributed by atoms with van der Waals surface area (Å²) in [6.45, 7) is 3.74. The molecule has 1 unspecified atom stereocenters. The predicted octanol–water partition coefficient (Wildman–Crippen LogP) is 1.15. The maximum atomic E-state index is 11.4. The second kappa shape index (κ2) is 4.81. The third-order valence-electron chi connectivity index (χ3n) is 2.71. The van der Waals surface area contributed by atoms with E-state index in [9.17, 15) is 8.42 Å². The molecule has 0 aliphatic carbocycles. The molecule has 0 bridgehead atoms. The summed E-state index contributed by atoms with van der Waals surface area (Å²) >= 11 is 1.58. The Morgan fingerprint density at radius 3 is 3.06 bits per heavy atom. The molecule has 1 atom stereocenters. The molecule has 4 nitrogen and oxygen atoms in total. The summed E-state index contributed by atoms with van der Waals surface area (Å²) in [6, 6.07) is 0. The second-order valence-corrected chi connectivity index (χ2v) is 7.18. The molecule has 0 saturated carbocycles. The number of thiazole rings is 1. The molecule has 1 aliphatic rings. The number of hydrogen-bond acceptors (Lipinski definition) is 5. The van der Waals surface area contributed by atoms with Crippen LogP contribution in [0.5, 0.6) is 0 Å². The fourth-order valence-electron chi connectivity index (χ4n) is 1.83. The molecule has 1 aromatic heterocycles. The fraction of sp³-hybridized carbons (Fsp3) is 0.700. The lowest BCUT2D eigenvalue weighted by Gasteiger charge is -2.01. The second-order valence-electron chi connectivity index (χ2n) is 4.06. The van der Waals surface area contributed by atoms with Gasteiger partial charge in [-0.25, -0.2) is 13.4 Å². The number of hydrogen-bond donors (Lipinski definition) is 1. The summed E-state index contributed by atoms with van der Waals surface area (Å²) in [6.07, 6.45) is 0.733. The molecule has 2 heterocycles. The third-order valence-corrected chi connectivity index (χ3v) is 5.53. The Morgan fingerprint density at radius 1 is 1.62 bits per heavy atom. The summed E-state index contributed by atoms with van der Waals surface area (Å²) in [5.74, 6) is 0.728. The molecule has 16 heavy (non-hydrogen) atoms. The molecule has 0 amide bonds. The molecule has 0 aromatic carbocycles. The number of rotatable bonds is 4. The lowest BCUT2D eigenvalue weighted by Crippen LogP contribution is -2.12. The van der Waals surface area contributed by atoms with Gasteiger partial charge in [0.1, 0.15) is 0 Å². The molecule has 6 heteroatoms. The van der Waals surface area contributed by atoms with Crippen molar-refractivity contribution in [2.75, 3.05) is 18.1 Å². The van der Waals surface area contributed by atoms with Gasteiger partial charge in [0.15, 0.2) is 9.84 Å². The molecule has 0 spiro atoms. The van der Waals surface area contributed by atoms with Crippen LogP contribution in [0.1, 0.15) is 30.0 Å². The van der Waals surface area contributed by atoms with Gasteiger partial charge in [-0.2, -0.15) is 0 Å². The number of aromatic nitrogens is 1. The van der Waals surface area contributed by atoms with Crippen molar-refractivity contribution in [2.45, 2.75) is 25.8 Å². The van der Waals surface area contributed by atoms with E-state index in [0.717, 1.165) is 30.2 Å². The molecule has 1 aromatic rings. The van der Waals surface area contributed by atoms with Gasteiger partial charge < -0.3 is 5.32 Å². The zero-order chi connectivity index (χ0) is 11.6. The zero-order valence-electron chi connectivity index (χ0n) is 9.27. The van der Waals surface area contributed by atoms with Crippen LogP contribution in [-0.2, 0) is 16.4 Å². The summed E-state index contributed by atoms with van der Waals surface area (Å²) in [4.78, 5) is 4.49. The van der Waals surface area contributed by atoms with Gasteiger partial charge in [0, 0.05) is 17.8 Å². The molecule has 2 rings (SSSR count). The quantitative estimate of drug-likeness (QED) is 0.882. The minimum absolute atomic E-state index is 0.130. The summed E-state index contributed by atoms with van der Waals surface area (Å²) in [5.41, 5.74) is 1.02. The molecule has 1 saturated heterocycles. The lowest BCUT2D eigenvalue weighted by molar-refractivity contribution is 0.601. The van der Waals surface area contributed by atoms with Crippen molar-refractivity contribution in [3.05, 3.63) is 16.1 Å². The van der Waals surface area contributed by atoms with Crippen molar-refractivity contribution in [1.29, 1.82) is 0 Å². The summed E-state index contributed by atoms with van der Waals surface area (Å²) < 4.78 is 22.7. The topological polar surface area (TPSA) is 59.1 Å². The van der Waals surface area contributed by atoms with Crippen molar-refractivity contribution in [1.82, 2.24) is 10.3 Å². The summed E-state index contributed by atoms with van der Waals surface area (Å²) in [7, 11) is -2.80. The minimum Gasteiger partial charge on any atom is -0.311 e. The third kappa shape index (κ3) is 2.81. The van der Waals surface area contributed by atoms with E-state index in [-0.39, 0.29) is 11.7 Å². The van der Waals surface area contributed by atoms with Gasteiger partial charge in [-0.05, 0) is 13.0 Å². The van der Waals surface area contributed by atoms with Gasteiger partial charge >= 0.3 is 0 Å². The molecule has 1 fully saturated rings. The van der Waals surface area contributed by atoms with Crippen LogP contribution in [0.25, 0.3) is 0 Å². The Balaban J connectivity index is 2.02. The van der Waals surface area contributed by atoms with E-state index in [1.807, 2.05) is 5.38 Å². The van der Waals surface area contributed by atoms with E-state index in [1.54, 1.807) is 11.3 Å². The highest BCUT2D eigenvalue weighted by molar-refractivity contribution is 7.91. The SMILES string of the molecule is CCNCc1csc(C2CCS(=O)(=O)C2)n1. The number of nitrogens with one attached hydrogen (secondary N) is 1. The molecule has 1 N–H and O–H groups in total. The first kappa shape index (κ1) is 12.0. The fourth-order valence-corrected chi connectivity index (χ4v) is 4.64. The smallest absolute Gasteiger partial charge is 0.151 e. The highest BCUT2D eigenvalue weighted by Crippen LogP contribution is 2.30. The largest absolute Gasteiger partial charge is 0.311 e. The van der Waals surface area contributed by atoms with Gasteiger partial charge in [0.2, 0.25) is 0 Å². The maximum Gasteiger partial charge on any atom is 0.151 e. The van der Waals surface area contributed by atoms with E-state index in [4.69, 9.17) is 0 Å². The van der Waals surface area contributed by atoms with Crippen LogP contribution in [0.2, 0.25) is 0 Å². The average Bonchev–Trinajstić information content (AvgIpc) is 2.81. The molecular weight excluding hydrogens is 244 g/mol. The first-order valence-electron chi connectivity index (χ1n) is 5.46. The van der Waals surface area contributed by atoms with E-state index in [2.05, 4.69) is 17.2 Å². The predicted molar refractivity (Wildman–Crippen MR) is 65.5 cm³/mol. The average molecular weight is 260 g/mol. The van der Waals surface area contributed by atoms with Crippen molar-refractivity contribution in [3.63, 3.8) is 0 Å². The maximum absolute atomic E-state index is 11.4. The zero-order valence-corrected chi connectivity index (χ0v) is 10.9. The van der Waals surface area contributed by atoms with Crippen molar-refractivity contribution in [3.8, 4) is 0 Å². The molecule has 90 valence electrons. The Bertz CT molecular complexity index is 453. The monoisotopic (exact) mass is 260 g/mol. The Morgan fingerprint density at radius 2 is 2.44 bits per heavy atom. The van der Waals surface area contributed by atoms with E-state index in [0.29, 0.717) is 5.75 Å². The molecule has 0 radical (unpaired) electrons. The summed E-state index contributed by atoms with van der Waals surface area (Å²) in [5, 5.41) is 6.21. The van der Waals surface area contributed by atoms with Gasteiger partial charge in [0.25, 0.3) is 0 Å². The lowest BCUT2D eigenvalue weighted by atomic mass is 10.1. The molecule has 1 aliphatic heterocycles. The van der Waals surface area contributed by atoms with E-state index < -0.39 is 9.84 Å². The van der Waals surface area contributed by atoms with Gasteiger partial charge in [-0.15, -0.1) is 11.3 Å². The van der Waals surface area contributed by atoms with Gasteiger partial charge in [-0.1, -0.05) is 6.92 Å². The molecular formula is C10H16N2O2S2. The van der Waals surface area contributed by atoms with Crippen LogP contribution < -0.4 is 5.32 Å². The number of sulfone groups is 1. The first-order valence-corrected chi connectivity index (χ1v) is 8.16. The van der Waals surface area contributed by atoms with Crippen molar-refractivity contribution in [2.24, 2.45) is 0 Å². The van der Waals surface area contributed by atoms with Gasteiger partial charge in [-0.3, -0.25) is 0 Å². The standard InChI is InChI=1S/C10H16N2O2S2/c1-2-11-5-9-6-15-10(12-9)8-3-4-16(13,14)7-8/h6,8,11H,2-5,7H2,1H3. The van der Waals surface area contributed by atoms with Crippen molar-refractivity contribution >= 4 is 21.2 Å². The van der Waals surface area contributed by atoms with Crippen LogP contribution in [-0.4, -0.2) is 31.5 Å². The van der Waals surface area contributed by atoms with E-state index in [1.165, 1.54) is 0 Å². The highest BCUT2D eigenvalue weighted by Gasteiger charge is 2.30. The van der Waals surface area contributed by atoms with Crippen LogP contribution in [0.4, 0.5) is 0 Å². The Kier molecular flexibility index (Phi) is 3.61.